The lowest BCUT2D eigenvalue weighted by Crippen LogP contribution is -2.20. The molecule has 2 nitrogen and oxygen atoms in total. The molecule has 94 valence electrons. The number of nitrogens with zero attached hydrogens (tertiary/aromatic N) is 1. The Kier molecular flexibility index (Phi) is 4.41. The number of pyridine rings is 1. The van der Waals surface area contributed by atoms with E-state index in [2.05, 4.69) is 36.3 Å². The minimum atomic E-state index is 0.663. The van der Waals surface area contributed by atoms with Crippen LogP contribution in [0.3, 0.4) is 0 Å². The summed E-state index contributed by atoms with van der Waals surface area (Å²) < 4.78 is 0. The zero-order valence-electron chi connectivity index (χ0n) is 11.1. The van der Waals surface area contributed by atoms with E-state index in [9.17, 15) is 0 Å². The van der Waals surface area contributed by atoms with Crippen molar-refractivity contribution >= 4 is 5.69 Å². The molecule has 1 N–H and O–H groups in total. The van der Waals surface area contributed by atoms with Crippen molar-refractivity contribution in [3.8, 4) is 0 Å². The highest BCUT2D eigenvalue weighted by Crippen LogP contribution is 2.21. The summed E-state index contributed by atoms with van der Waals surface area (Å²) in [6.45, 7) is 4.13. The highest BCUT2D eigenvalue weighted by atomic mass is 14.9. The van der Waals surface area contributed by atoms with Gasteiger partial charge in [-0.05, 0) is 38.8 Å². The van der Waals surface area contributed by atoms with Gasteiger partial charge in [0.05, 0.1) is 0 Å². The Balaban J connectivity index is 1.97. The van der Waals surface area contributed by atoms with Crippen molar-refractivity contribution in [2.75, 3.05) is 5.32 Å². The molecule has 17 heavy (non-hydrogen) atoms. The van der Waals surface area contributed by atoms with Gasteiger partial charge in [-0.15, -0.1) is 0 Å². The van der Waals surface area contributed by atoms with Crippen molar-refractivity contribution in [3.05, 3.63) is 23.5 Å². The third kappa shape index (κ3) is 4.03. The van der Waals surface area contributed by atoms with Gasteiger partial charge >= 0.3 is 0 Å². The maximum atomic E-state index is 4.42. The van der Waals surface area contributed by atoms with E-state index >= 15 is 0 Å². The van der Waals surface area contributed by atoms with E-state index in [1.165, 1.54) is 50.6 Å². The molecule has 0 amide bonds. The first-order valence-electron chi connectivity index (χ1n) is 6.96. The Morgan fingerprint density at radius 3 is 2.06 bits per heavy atom. The average molecular weight is 232 g/mol. The van der Waals surface area contributed by atoms with Gasteiger partial charge in [0.25, 0.3) is 0 Å². The summed E-state index contributed by atoms with van der Waals surface area (Å²) in [4.78, 5) is 4.42. The Labute approximate surface area is 105 Å². The molecule has 1 aromatic heterocycles. The summed E-state index contributed by atoms with van der Waals surface area (Å²) >= 11 is 0. The third-order valence-corrected chi connectivity index (χ3v) is 3.56. The Hall–Kier alpha value is -1.05. The van der Waals surface area contributed by atoms with E-state index in [1.807, 2.05) is 0 Å². The molecule has 1 aromatic rings. The minimum absolute atomic E-state index is 0.663. The Bertz CT molecular complexity index is 332. The maximum absolute atomic E-state index is 4.42. The van der Waals surface area contributed by atoms with Crippen molar-refractivity contribution in [3.63, 3.8) is 0 Å². The Morgan fingerprint density at radius 2 is 1.47 bits per heavy atom. The molecule has 1 heterocycles. The molecule has 1 aliphatic carbocycles. The van der Waals surface area contributed by atoms with Crippen molar-refractivity contribution in [2.24, 2.45) is 0 Å². The van der Waals surface area contributed by atoms with Gasteiger partial charge in [-0.25, -0.2) is 0 Å². The number of hydrogen-bond donors (Lipinski definition) is 1. The van der Waals surface area contributed by atoms with Crippen LogP contribution in [0.25, 0.3) is 0 Å². The standard InChI is InChI=1S/C15H24N2/c1-12-10-15(11-13(2)16-12)17-14-8-6-4-3-5-7-9-14/h10-11,14H,3-9H2,1-2H3,(H,16,17). The second-order valence-electron chi connectivity index (χ2n) is 5.32. The largest absolute Gasteiger partial charge is 0.382 e. The van der Waals surface area contributed by atoms with E-state index in [1.54, 1.807) is 0 Å². The average Bonchev–Trinajstić information content (AvgIpc) is 2.20. The summed E-state index contributed by atoms with van der Waals surface area (Å²) in [6.07, 6.45) is 9.64. The van der Waals surface area contributed by atoms with Crippen LogP contribution in [0.1, 0.15) is 56.3 Å². The highest BCUT2D eigenvalue weighted by molar-refractivity contribution is 5.45. The number of hydrogen-bond acceptors (Lipinski definition) is 2. The van der Waals surface area contributed by atoms with Crippen LogP contribution in [0.2, 0.25) is 0 Å². The van der Waals surface area contributed by atoms with Gasteiger partial charge in [0.2, 0.25) is 0 Å². The van der Waals surface area contributed by atoms with E-state index in [0.29, 0.717) is 6.04 Å². The number of nitrogens with one attached hydrogen (secondary N) is 1. The zero-order valence-corrected chi connectivity index (χ0v) is 11.1. The molecule has 1 aliphatic rings. The molecule has 0 bridgehead atoms. The first-order valence-corrected chi connectivity index (χ1v) is 6.96. The van der Waals surface area contributed by atoms with E-state index in [4.69, 9.17) is 0 Å². The summed E-state index contributed by atoms with van der Waals surface area (Å²) in [7, 11) is 0. The van der Waals surface area contributed by atoms with E-state index in [0.717, 1.165) is 11.4 Å². The van der Waals surface area contributed by atoms with Crippen molar-refractivity contribution in [2.45, 2.75) is 64.8 Å². The van der Waals surface area contributed by atoms with Gasteiger partial charge in [0.1, 0.15) is 0 Å². The fraction of sp³-hybridized carbons (Fsp3) is 0.667. The number of aromatic nitrogens is 1. The van der Waals surface area contributed by atoms with Crippen LogP contribution in [0.15, 0.2) is 12.1 Å². The topological polar surface area (TPSA) is 24.9 Å². The van der Waals surface area contributed by atoms with Crippen LogP contribution in [0.5, 0.6) is 0 Å². The fourth-order valence-electron chi connectivity index (χ4n) is 2.75. The van der Waals surface area contributed by atoms with Crippen LogP contribution in [-0.2, 0) is 0 Å². The maximum Gasteiger partial charge on any atom is 0.0396 e. The predicted molar refractivity (Wildman–Crippen MR) is 73.4 cm³/mol. The van der Waals surface area contributed by atoms with Gasteiger partial charge in [-0.1, -0.05) is 32.1 Å². The van der Waals surface area contributed by atoms with Gasteiger partial charge in [-0.3, -0.25) is 4.98 Å². The minimum Gasteiger partial charge on any atom is -0.382 e. The van der Waals surface area contributed by atoms with Crippen LogP contribution < -0.4 is 5.32 Å². The molecule has 1 saturated carbocycles. The normalized spacial score (nSPS) is 18.5. The molecule has 0 unspecified atom stereocenters. The number of rotatable bonds is 2. The quantitative estimate of drug-likeness (QED) is 0.825. The Morgan fingerprint density at radius 1 is 0.941 bits per heavy atom. The molecule has 0 saturated heterocycles. The molecule has 0 aliphatic heterocycles. The van der Waals surface area contributed by atoms with E-state index < -0.39 is 0 Å². The second-order valence-corrected chi connectivity index (χ2v) is 5.32. The van der Waals surface area contributed by atoms with Crippen molar-refractivity contribution in [1.29, 1.82) is 0 Å². The van der Waals surface area contributed by atoms with Crippen LogP contribution in [0.4, 0.5) is 5.69 Å². The van der Waals surface area contributed by atoms with Crippen LogP contribution >= 0.6 is 0 Å². The van der Waals surface area contributed by atoms with Crippen molar-refractivity contribution < 1.29 is 0 Å². The van der Waals surface area contributed by atoms with Gasteiger partial charge < -0.3 is 5.32 Å². The van der Waals surface area contributed by atoms with Gasteiger partial charge in [0.15, 0.2) is 0 Å². The highest BCUT2D eigenvalue weighted by Gasteiger charge is 2.11. The molecular formula is C15H24N2. The monoisotopic (exact) mass is 232 g/mol. The lowest BCUT2D eigenvalue weighted by Gasteiger charge is -2.22. The lowest BCUT2D eigenvalue weighted by molar-refractivity contribution is 0.471. The smallest absolute Gasteiger partial charge is 0.0396 e. The summed E-state index contributed by atoms with van der Waals surface area (Å²) in [5.74, 6) is 0. The zero-order chi connectivity index (χ0) is 12.1. The molecule has 2 heteroatoms. The number of aryl methyl sites for hydroxylation is 2. The van der Waals surface area contributed by atoms with E-state index in [-0.39, 0.29) is 0 Å². The first-order chi connectivity index (χ1) is 8.24. The first kappa shape index (κ1) is 12.4. The van der Waals surface area contributed by atoms with Gasteiger partial charge in [-0.2, -0.15) is 0 Å². The molecule has 0 radical (unpaired) electrons. The predicted octanol–water partition coefficient (Wildman–Crippen LogP) is 4.22. The molecule has 2 rings (SSSR count). The molecule has 0 spiro atoms. The number of anilines is 1. The molecule has 0 atom stereocenters. The van der Waals surface area contributed by atoms with Gasteiger partial charge in [0, 0.05) is 23.1 Å². The van der Waals surface area contributed by atoms with Crippen LogP contribution in [-0.4, -0.2) is 11.0 Å². The summed E-state index contributed by atoms with van der Waals surface area (Å²) in [5, 5.41) is 3.69. The lowest BCUT2D eigenvalue weighted by atomic mass is 9.96. The second kappa shape index (κ2) is 6.04. The van der Waals surface area contributed by atoms with Crippen molar-refractivity contribution in [1.82, 2.24) is 4.98 Å². The SMILES string of the molecule is Cc1cc(NC2CCCCCCC2)cc(C)n1. The summed E-state index contributed by atoms with van der Waals surface area (Å²) in [6, 6.07) is 4.98. The summed E-state index contributed by atoms with van der Waals surface area (Å²) in [5.41, 5.74) is 3.47. The molecule has 1 fully saturated rings. The third-order valence-electron chi connectivity index (χ3n) is 3.56. The molecular weight excluding hydrogens is 208 g/mol. The van der Waals surface area contributed by atoms with Crippen LogP contribution in [0, 0.1) is 13.8 Å². The molecule has 0 aromatic carbocycles. The fourth-order valence-corrected chi connectivity index (χ4v) is 2.75.